The van der Waals surface area contributed by atoms with E-state index in [1.807, 2.05) is 5.19 Å². The predicted molar refractivity (Wildman–Crippen MR) is 136 cm³/mol. The summed E-state index contributed by atoms with van der Waals surface area (Å²) in [5.74, 6) is 0. The molecular weight excluding hydrogens is 551 g/mol. The summed E-state index contributed by atoms with van der Waals surface area (Å²) in [6.07, 6.45) is 23.3. The monoisotopic (exact) mass is 583 g/mol. The van der Waals surface area contributed by atoms with Gasteiger partial charge >= 0.3 is 212 Å². The van der Waals surface area contributed by atoms with Crippen LogP contribution in [0.2, 0.25) is 11.1 Å². The Morgan fingerprint density at radius 2 is 1.38 bits per heavy atom. The second-order valence-electron chi connectivity index (χ2n) is 10.7. The number of benzene rings is 2. The van der Waals surface area contributed by atoms with Gasteiger partial charge in [0.2, 0.25) is 0 Å². The molecule has 0 bridgehead atoms. The van der Waals surface area contributed by atoms with Crippen LogP contribution in [0.3, 0.4) is 0 Å². The molecule has 1 unspecified atom stereocenters. The third kappa shape index (κ3) is 4.79. The summed E-state index contributed by atoms with van der Waals surface area (Å²) in [4.78, 5) is 0. The average Bonchev–Trinajstić information content (AvgIpc) is 3.48. The van der Waals surface area contributed by atoms with Crippen LogP contribution >= 0.6 is 0 Å². The average molecular weight is 586 g/mol. The molecule has 6 rings (SSSR count). The third-order valence-corrected chi connectivity index (χ3v) is 14.9. The maximum absolute atomic E-state index is 2.67. The van der Waals surface area contributed by atoms with Crippen LogP contribution in [0.5, 0.6) is 0 Å². The van der Waals surface area contributed by atoms with Gasteiger partial charge in [-0.1, -0.05) is 0 Å². The Hall–Kier alpha value is -0.400. The van der Waals surface area contributed by atoms with E-state index in [9.17, 15) is 0 Å². The first-order valence-corrected chi connectivity index (χ1v) is 16.5. The Bertz CT molecular complexity index is 1050. The molecule has 2 fully saturated rings. The van der Waals surface area contributed by atoms with Crippen LogP contribution in [0.1, 0.15) is 90.9 Å². The molecule has 0 amide bonds. The molecule has 0 saturated heterocycles. The minimum atomic E-state index is -1.07. The molecule has 0 aromatic heterocycles. The van der Waals surface area contributed by atoms with E-state index >= 15 is 0 Å². The number of allylic oxidation sites excluding steroid dienone is 4. The van der Waals surface area contributed by atoms with Crippen LogP contribution in [-0.4, -0.2) is 8.80 Å². The predicted octanol–water partition coefficient (Wildman–Crippen LogP) is 1.76. The van der Waals surface area contributed by atoms with Crippen molar-refractivity contribution in [2.45, 2.75) is 85.3 Å². The van der Waals surface area contributed by atoms with Gasteiger partial charge in [0.1, 0.15) is 0 Å². The molecule has 4 heteroatoms. The topological polar surface area (TPSA) is 0 Å². The fourth-order valence-electron chi connectivity index (χ4n) is 7.47. The number of hydrogen-bond acceptors (Lipinski definition) is 0. The number of fused-ring (bicyclic) bond motifs is 3. The zero-order valence-corrected chi connectivity index (χ0v) is 25.2. The number of halogens is 2. The van der Waals surface area contributed by atoms with Gasteiger partial charge in [-0.3, -0.25) is 0 Å². The van der Waals surface area contributed by atoms with Crippen LogP contribution in [0.15, 0.2) is 54.6 Å². The van der Waals surface area contributed by atoms with Crippen LogP contribution in [0.25, 0.3) is 16.7 Å². The van der Waals surface area contributed by atoms with Crippen molar-refractivity contribution < 1.29 is 49.5 Å². The Labute approximate surface area is 235 Å². The molecule has 34 heavy (non-hydrogen) atoms. The van der Waals surface area contributed by atoms with Gasteiger partial charge in [-0.15, -0.1) is 0 Å². The van der Waals surface area contributed by atoms with Gasteiger partial charge in [0.25, 0.3) is 0 Å². The van der Waals surface area contributed by atoms with E-state index in [2.05, 4.69) is 54.6 Å². The fourth-order valence-corrected chi connectivity index (χ4v) is 14.0. The van der Waals surface area contributed by atoms with E-state index in [0.29, 0.717) is 3.63 Å². The zero-order valence-electron chi connectivity index (χ0n) is 20.0. The summed E-state index contributed by atoms with van der Waals surface area (Å²) in [5.41, 5.74) is 11.8. The summed E-state index contributed by atoms with van der Waals surface area (Å²) in [7, 11) is -1.07. The Balaban J connectivity index is 0.00000137. The van der Waals surface area contributed by atoms with Gasteiger partial charge < -0.3 is 24.8 Å². The first-order valence-electron chi connectivity index (χ1n) is 13.2. The molecule has 2 aromatic rings. The molecule has 0 N–H and O–H groups in total. The molecule has 0 heterocycles. The second-order valence-corrected chi connectivity index (χ2v) is 15.6. The molecule has 0 nitrogen and oxygen atoms in total. The van der Waals surface area contributed by atoms with Crippen molar-refractivity contribution in [2.75, 3.05) is 0 Å². The van der Waals surface area contributed by atoms with Gasteiger partial charge in [-0.05, 0) is 0 Å². The zero-order chi connectivity index (χ0) is 21.5. The summed E-state index contributed by atoms with van der Waals surface area (Å²) in [6.45, 7) is 0. The Morgan fingerprint density at radius 1 is 0.735 bits per heavy atom. The molecule has 2 aromatic carbocycles. The molecule has 2 saturated carbocycles. The van der Waals surface area contributed by atoms with Crippen molar-refractivity contribution in [3.05, 3.63) is 71.3 Å². The maximum atomic E-state index is 2.67. The first-order chi connectivity index (χ1) is 15.8. The minimum absolute atomic E-state index is 0. The van der Waals surface area contributed by atoms with Crippen molar-refractivity contribution in [3.63, 3.8) is 0 Å². The van der Waals surface area contributed by atoms with E-state index < -0.39 is 8.80 Å². The number of rotatable bonds is 4. The summed E-state index contributed by atoms with van der Waals surface area (Å²) < 4.78 is 0.609. The molecule has 0 radical (unpaired) electrons. The van der Waals surface area contributed by atoms with E-state index in [-0.39, 0.29) is 24.8 Å². The van der Waals surface area contributed by atoms with Gasteiger partial charge in [0.15, 0.2) is 0 Å². The second kappa shape index (κ2) is 11.8. The molecule has 4 aliphatic rings. The standard InChI is InChI=1S/C30H35Si.2ClH.Zr/c1-3-14-24(15-4-1)31(25-16-5-2-6-17-25)29-20-19-27-26-18-10-9-13-23(26)21-28(27)30(29)22-11-7-8-12-22;;;/h7-11,13,18-21,24-25,31H,1-6,12,14-17H2;2*1H;/q;;;+2/p-2. The molecule has 177 valence electrons. The van der Waals surface area contributed by atoms with Crippen molar-refractivity contribution in [1.82, 2.24) is 0 Å². The molecule has 1 atom stereocenters. The quantitative estimate of drug-likeness (QED) is 0.480. The summed E-state index contributed by atoms with van der Waals surface area (Å²) in [6, 6.07) is 14.5. The van der Waals surface area contributed by atoms with Crippen molar-refractivity contribution >= 4 is 19.6 Å². The van der Waals surface area contributed by atoms with Crippen LogP contribution in [0, 0.1) is 0 Å². The Kier molecular flexibility index (Phi) is 9.22. The van der Waals surface area contributed by atoms with Gasteiger partial charge in [0.05, 0.1) is 0 Å². The van der Waals surface area contributed by atoms with E-state index in [0.717, 1.165) is 17.5 Å². The fraction of sp³-hybridized carbons (Fsp3) is 0.467. The molecule has 0 spiro atoms. The molecular formula is C30H35Cl2SiZr. The van der Waals surface area contributed by atoms with Gasteiger partial charge in [-0.2, -0.15) is 0 Å². The van der Waals surface area contributed by atoms with Gasteiger partial charge in [-0.25, -0.2) is 0 Å². The molecule has 0 aliphatic heterocycles. The normalized spacial score (nSPS) is 22.1. The first kappa shape index (κ1) is 26.7. The van der Waals surface area contributed by atoms with Crippen LogP contribution in [0.4, 0.5) is 0 Å². The number of hydrogen-bond donors (Lipinski definition) is 0. The van der Waals surface area contributed by atoms with E-state index in [1.165, 1.54) is 69.8 Å². The summed E-state index contributed by atoms with van der Waals surface area (Å²) in [5, 5.41) is 1.87. The third-order valence-electron chi connectivity index (χ3n) is 8.90. The van der Waals surface area contributed by atoms with Gasteiger partial charge in [0, 0.05) is 0 Å². The van der Waals surface area contributed by atoms with E-state index in [1.54, 1.807) is 52.5 Å². The van der Waals surface area contributed by atoms with Crippen LogP contribution < -0.4 is 30.0 Å². The van der Waals surface area contributed by atoms with E-state index in [4.69, 9.17) is 0 Å². The van der Waals surface area contributed by atoms with Crippen molar-refractivity contribution in [3.8, 4) is 11.1 Å². The SMILES string of the molecule is [Cl-].[Cl-].[Zr+2][CH]1c2ccccc2-c2ccc([SiH](C3CCCCC3)C3CCCCC3)c(C3=CC=CC3)c21. The van der Waals surface area contributed by atoms with Crippen molar-refractivity contribution in [1.29, 1.82) is 0 Å². The van der Waals surface area contributed by atoms with Crippen molar-refractivity contribution in [2.24, 2.45) is 0 Å². The molecule has 4 aliphatic carbocycles. The Morgan fingerprint density at radius 3 is 2.00 bits per heavy atom. The summed E-state index contributed by atoms with van der Waals surface area (Å²) >= 11 is 1.65. The van der Waals surface area contributed by atoms with Crippen LogP contribution in [-0.2, 0) is 24.7 Å².